The quantitative estimate of drug-likeness (QED) is 0.482. The third-order valence-corrected chi connectivity index (χ3v) is 6.46. The molecule has 1 atom stereocenters. The Balaban J connectivity index is 1.58. The van der Waals surface area contributed by atoms with E-state index in [1.807, 2.05) is 6.92 Å². The van der Waals surface area contributed by atoms with Gasteiger partial charge in [0.25, 0.3) is 0 Å². The predicted octanol–water partition coefficient (Wildman–Crippen LogP) is 4.04. The molecule has 164 valence electrons. The Morgan fingerprint density at radius 1 is 1.27 bits per heavy atom. The molecule has 1 aliphatic heterocycles. The second-order valence-electron chi connectivity index (χ2n) is 7.88. The zero-order valence-corrected chi connectivity index (χ0v) is 19.5. The molecule has 1 aliphatic rings. The van der Waals surface area contributed by atoms with E-state index in [1.165, 1.54) is 37.1 Å². The number of ether oxygens (including phenoxy) is 1. The van der Waals surface area contributed by atoms with E-state index in [0.29, 0.717) is 13.1 Å². The largest absolute Gasteiger partial charge is 0.375 e. The van der Waals surface area contributed by atoms with Crippen molar-refractivity contribution in [3.05, 3.63) is 51.5 Å². The highest BCUT2D eigenvalue weighted by Crippen LogP contribution is 2.21. The van der Waals surface area contributed by atoms with Gasteiger partial charge in [0.2, 0.25) is 0 Å². The summed E-state index contributed by atoms with van der Waals surface area (Å²) in [6.07, 6.45) is 2.70. The first-order valence-electron chi connectivity index (χ1n) is 10.9. The third-order valence-electron chi connectivity index (χ3n) is 5.41. The van der Waals surface area contributed by atoms with Crippen molar-refractivity contribution in [1.82, 2.24) is 20.1 Å². The molecule has 3 rings (SSSR count). The summed E-state index contributed by atoms with van der Waals surface area (Å²) in [5, 5.41) is 6.51. The number of methoxy groups -OCH3 is 1. The molecule has 1 aromatic carbocycles. The molecule has 0 radical (unpaired) electrons. The van der Waals surface area contributed by atoms with Crippen LogP contribution in [0.5, 0.6) is 0 Å². The van der Waals surface area contributed by atoms with Gasteiger partial charge in [0.1, 0.15) is 11.1 Å². The maximum absolute atomic E-state index is 5.37. The summed E-state index contributed by atoms with van der Waals surface area (Å²) in [7, 11) is 3.77. The van der Waals surface area contributed by atoms with E-state index in [1.54, 1.807) is 18.4 Å². The number of nitrogens with zero attached hydrogens (tertiary/aromatic N) is 4. The van der Waals surface area contributed by atoms with Gasteiger partial charge in [0.05, 0.1) is 18.8 Å². The molecule has 0 bridgehead atoms. The Morgan fingerprint density at radius 2 is 1.97 bits per heavy atom. The van der Waals surface area contributed by atoms with Gasteiger partial charge in [-0.1, -0.05) is 24.3 Å². The summed E-state index contributed by atoms with van der Waals surface area (Å²) < 4.78 is 5.37. The predicted molar refractivity (Wildman–Crippen MR) is 125 cm³/mol. The number of aromatic nitrogens is 1. The van der Waals surface area contributed by atoms with E-state index in [9.17, 15) is 0 Å². The lowest BCUT2D eigenvalue weighted by molar-refractivity contribution is 0.119. The molecule has 2 heterocycles. The normalized spacial score (nSPS) is 16.1. The van der Waals surface area contributed by atoms with E-state index in [0.717, 1.165) is 29.8 Å². The zero-order chi connectivity index (χ0) is 21.3. The summed E-state index contributed by atoms with van der Waals surface area (Å²) >= 11 is 1.65. The monoisotopic (exact) mass is 429 g/mol. The minimum atomic E-state index is 0.0319. The van der Waals surface area contributed by atoms with Crippen LogP contribution in [-0.2, 0) is 24.4 Å². The molecule has 1 fully saturated rings. The van der Waals surface area contributed by atoms with Crippen LogP contribution in [0.1, 0.15) is 54.6 Å². The van der Waals surface area contributed by atoms with E-state index >= 15 is 0 Å². The molecule has 1 saturated heterocycles. The van der Waals surface area contributed by atoms with Crippen LogP contribution in [0.25, 0.3) is 0 Å². The first-order chi connectivity index (χ1) is 14.6. The Kier molecular flexibility index (Phi) is 8.66. The number of thiazole rings is 1. The Bertz CT molecular complexity index is 798. The number of hydrogen-bond donors (Lipinski definition) is 1. The van der Waals surface area contributed by atoms with E-state index < -0.39 is 0 Å². The average molecular weight is 430 g/mol. The van der Waals surface area contributed by atoms with Gasteiger partial charge in [-0.05, 0) is 50.9 Å². The second kappa shape index (κ2) is 11.4. The molecule has 7 heteroatoms. The highest BCUT2D eigenvalue weighted by Gasteiger charge is 2.13. The fourth-order valence-corrected chi connectivity index (χ4v) is 4.43. The molecule has 30 heavy (non-hydrogen) atoms. The molecule has 0 amide bonds. The fraction of sp³-hybridized carbons (Fsp3) is 0.565. The topological polar surface area (TPSA) is 53.0 Å². The van der Waals surface area contributed by atoms with Gasteiger partial charge in [-0.2, -0.15) is 0 Å². The minimum Gasteiger partial charge on any atom is -0.375 e. The summed E-state index contributed by atoms with van der Waals surface area (Å²) in [5.41, 5.74) is 3.66. The van der Waals surface area contributed by atoms with Gasteiger partial charge < -0.3 is 15.0 Å². The number of benzene rings is 1. The fourth-order valence-electron chi connectivity index (χ4n) is 3.59. The van der Waals surface area contributed by atoms with Gasteiger partial charge in [-0.15, -0.1) is 11.3 Å². The van der Waals surface area contributed by atoms with Crippen molar-refractivity contribution in [3.63, 3.8) is 0 Å². The van der Waals surface area contributed by atoms with Crippen molar-refractivity contribution in [2.45, 2.75) is 52.4 Å². The second-order valence-corrected chi connectivity index (χ2v) is 8.77. The molecule has 1 N–H and O–H groups in total. The van der Waals surface area contributed by atoms with Gasteiger partial charge in [-0.25, -0.2) is 9.98 Å². The molecular weight excluding hydrogens is 394 g/mol. The number of rotatable bonds is 9. The zero-order valence-electron chi connectivity index (χ0n) is 18.7. The van der Waals surface area contributed by atoms with Crippen LogP contribution in [0.4, 0.5) is 0 Å². The smallest absolute Gasteiger partial charge is 0.194 e. The van der Waals surface area contributed by atoms with Crippen LogP contribution >= 0.6 is 11.3 Å². The van der Waals surface area contributed by atoms with Gasteiger partial charge in [0.15, 0.2) is 5.96 Å². The molecule has 0 aliphatic carbocycles. The molecule has 6 nitrogen and oxygen atoms in total. The molecular formula is C23H35N5OS. The average Bonchev–Trinajstić information content (AvgIpc) is 3.44. The van der Waals surface area contributed by atoms with Crippen molar-refractivity contribution >= 4 is 17.3 Å². The number of likely N-dealkylation sites (tertiary alicyclic amines) is 1. The standard InChI is InChI=1S/C23H35N5OS/c1-5-24-23(27(3)16-21-17-30-22(26-21)18(2)29-4)25-14-19-8-10-20(11-9-19)15-28-12-6-7-13-28/h8-11,17-18H,5-7,12-16H2,1-4H3,(H,24,25). The maximum atomic E-state index is 5.37. The Morgan fingerprint density at radius 3 is 2.63 bits per heavy atom. The first kappa shape index (κ1) is 22.7. The lowest BCUT2D eigenvalue weighted by Crippen LogP contribution is -2.38. The summed E-state index contributed by atoms with van der Waals surface area (Å²) in [4.78, 5) is 14.2. The summed E-state index contributed by atoms with van der Waals surface area (Å²) in [5.74, 6) is 0.896. The minimum absolute atomic E-state index is 0.0319. The van der Waals surface area contributed by atoms with Crippen molar-refractivity contribution < 1.29 is 4.74 Å². The van der Waals surface area contributed by atoms with Crippen molar-refractivity contribution in [3.8, 4) is 0 Å². The molecule has 2 aromatic rings. The van der Waals surface area contributed by atoms with Crippen LogP contribution in [0.2, 0.25) is 0 Å². The van der Waals surface area contributed by atoms with Crippen molar-refractivity contribution in [2.24, 2.45) is 4.99 Å². The molecule has 0 spiro atoms. The van der Waals surface area contributed by atoms with Gasteiger partial charge >= 0.3 is 0 Å². The van der Waals surface area contributed by atoms with Crippen molar-refractivity contribution in [2.75, 3.05) is 33.8 Å². The van der Waals surface area contributed by atoms with E-state index in [4.69, 9.17) is 14.7 Å². The number of guanidine groups is 1. The van der Waals surface area contributed by atoms with Crippen molar-refractivity contribution in [1.29, 1.82) is 0 Å². The number of nitrogens with one attached hydrogen (secondary N) is 1. The molecule has 1 aromatic heterocycles. The molecule has 0 saturated carbocycles. The third kappa shape index (κ3) is 6.52. The highest BCUT2D eigenvalue weighted by molar-refractivity contribution is 7.09. The van der Waals surface area contributed by atoms with E-state index in [2.05, 4.69) is 58.7 Å². The summed E-state index contributed by atoms with van der Waals surface area (Å²) in [6, 6.07) is 8.90. The summed E-state index contributed by atoms with van der Waals surface area (Å²) in [6.45, 7) is 9.86. The SMILES string of the molecule is CCNC(=NCc1ccc(CN2CCCC2)cc1)N(C)Cc1csc(C(C)OC)n1. The van der Waals surface area contributed by atoms with Crippen LogP contribution in [0.3, 0.4) is 0 Å². The van der Waals surface area contributed by atoms with Crippen LogP contribution in [-0.4, -0.2) is 54.5 Å². The molecule has 1 unspecified atom stereocenters. The lowest BCUT2D eigenvalue weighted by atomic mass is 10.1. The highest BCUT2D eigenvalue weighted by atomic mass is 32.1. The van der Waals surface area contributed by atoms with Crippen LogP contribution in [0, 0.1) is 0 Å². The van der Waals surface area contributed by atoms with Crippen LogP contribution < -0.4 is 5.32 Å². The Hall–Kier alpha value is -1.96. The maximum Gasteiger partial charge on any atom is 0.194 e. The Labute approximate surface area is 185 Å². The van der Waals surface area contributed by atoms with Gasteiger partial charge in [-0.3, -0.25) is 4.90 Å². The van der Waals surface area contributed by atoms with E-state index in [-0.39, 0.29) is 6.10 Å². The van der Waals surface area contributed by atoms with Gasteiger partial charge in [0, 0.05) is 32.6 Å². The van der Waals surface area contributed by atoms with Crippen LogP contribution in [0.15, 0.2) is 34.6 Å². The number of hydrogen-bond acceptors (Lipinski definition) is 5. The lowest BCUT2D eigenvalue weighted by Gasteiger charge is -2.21. The number of aliphatic imine (C=N–C) groups is 1. The first-order valence-corrected chi connectivity index (χ1v) is 11.7.